The van der Waals surface area contributed by atoms with Crippen molar-refractivity contribution >= 4 is 5.97 Å². The lowest BCUT2D eigenvalue weighted by molar-refractivity contribution is -0.136. The predicted octanol–water partition coefficient (Wildman–Crippen LogP) is 1.01. The van der Waals surface area contributed by atoms with E-state index in [2.05, 4.69) is 9.97 Å². The van der Waals surface area contributed by atoms with Gasteiger partial charge in [0, 0.05) is 11.5 Å². The van der Waals surface area contributed by atoms with Crippen LogP contribution in [-0.4, -0.2) is 21.0 Å². The van der Waals surface area contributed by atoms with Crippen molar-refractivity contribution < 1.29 is 14.6 Å². The van der Waals surface area contributed by atoms with Crippen LogP contribution in [0.3, 0.4) is 0 Å². The molecule has 0 unspecified atom stereocenters. The summed E-state index contributed by atoms with van der Waals surface area (Å²) in [6.45, 7) is 0.938. The quantitative estimate of drug-likeness (QED) is 0.823. The smallest absolute Gasteiger partial charge is 0.309 e. The van der Waals surface area contributed by atoms with Crippen LogP contribution < -0.4 is 0 Å². The second-order valence-corrected chi connectivity index (χ2v) is 4.29. The van der Waals surface area contributed by atoms with E-state index in [4.69, 9.17) is 9.84 Å². The number of rotatable bonds is 3. The van der Waals surface area contributed by atoms with Gasteiger partial charge in [0.25, 0.3) is 0 Å². The lowest BCUT2D eigenvalue weighted by atomic mass is 10.1. The standard InChI is InChI=1S/C11H12N2O3/c14-10(15)3-8-7-4-16-5-9(7)13-11(12-8)6-1-2-6/h6H,1-5H2,(H,14,15). The van der Waals surface area contributed by atoms with Gasteiger partial charge in [-0.25, -0.2) is 9.97 Å². The lowest BCUT2D eigenvalue weighted by Crippen LogP contribution is -2.10. The van der Waals surface area contributed by atoms with E-state index >= 15 is 0 Å². The average molecular weight is 220 g/mol. The van der Waals surface area contributed by atoms with Gasteiger partial charge in [0.05, 0.1) is 31.0 Å². The Morgan fingerprint density at radius 1 is 1.38 bits per heavy atom. The molecule has 0 saturated heterocycles. The van der Waals surface area contributed by atoms with Gasteiger partial charge >= 0.3 is 5.97 Å². The molecule has 2 aliphatic rings. The van der Waals surface area contributed by atoms with Crippen LogP contribution in [0.5, 0.6) is 0 Å². The van der Waals surface area contributed by atoms with Crippen molar-refractivity contribution in [2.45, 2.75) is 38.4 Å². The fourth-order valence-corrected chi connectivity index (χ4v) is 1.95. The number of aliphatic carboxylic acids is 1. The highest BCUT2D eigenvalue weighted by molar-refractivity contribution is 5.70. The number of hydrogen-bond acceptors (Lipinski definition) is 4. The fraction of sp³-hybridized carbons (Fsp3) is 0.545. The van der Waals surface area contributed by atoms with Gasteiger partial charge in [-0.3, -0.25) is 4.79 Å². The summed E-state index contributed by atoms with van der Waals surface area (Å²) in [6.07, 6.45) is 2.20. The van der Waals surface area contributed by atoms with Crippen LogP contribution in [0.15, 0.2) is 0 Å². The number of carboxylic acid groups (broad SMARTS) is 1. The number of aromatic nitrogens is 2. The molecule has 5 heteroatoms. The van der Waals surface area contributed by atoms with E-state index in [1.165, 1.54) is 0 Å². The van der Waals surface area contributed by atoms with E-state index < -0.39 is 5.97 Å². The molecule has 0 radical (unpaired) electrons. The topological polar surface area (TPSA) is 72.3 Å². The van der Waals surface area contributed by atoms with Gasteiger partial charge < -0.3 is 9.84 Å². The molecule has 84 valence electrons. The Morgan fingerprint density at radius 2 is 2.19 bits per heavy atom. The first-order chi connectivity index (χ1) is 7.74. The maximum Gasteiger partial charge on any atom is 0.309 e. The summed E-state index contributed by atoms with van der Waals surface area (Å²) in [5, 5.41) is 8.84. The Hall–Kier alpha value is -1.49. The van der Waals surface area contributed by atoms with Crippen LogP contribution >= 0.6 is 0 Å². The summed E-state index contributed by atoms with van der Waals surface area (Å²) in [5.41, 5.74) is 2.40. The van der Waals surface area contributed by atoms with Crippen molar-refractivity contribution in [3.8, 4) is 0 Å². The normalized spacial score (nSPS) is 18.5. The number of hydrogen-bond donors (Lipinski definition) is 1. The molecular weight excluding hydrogens is 208 g/mol. The molecule has 0 bridgehead atoms. The highest BCUT2D eigenvalue weighted by Gasteiger charge is 2.30. The first-order valence-electron chi connectivity index (χ1n) is 5.42. The molecule has 1 fully saturated rings. The number of carbonyl (C=O) groups is 1. The van der Waals surface area contributed by atoms with Gasteiger partial charge in [-0.1, -0.05) is 0 Å². The van der Waals surface area contributed by atoms with Crippen molar-refractivity contribution in [1.29, 1.82) is 0 Å². The van der Waals surface area contributed by atoms with Crippen LogP contribution in [0.1, 0.15) is 41.5 Å². The summed E-state index contributed by atoms with van der Waals surface area (Å²) in [5.74, 6) is 0.397. The van der Waals surface area contributed by atoms with Crippen LogP contribution in [0.4, 0.5) is 0 Å². The minimum atomic E-state index is -0.852. The predicted molar refractivity (Wildman–Crippen MR) is 53.8 cm³/mol. The van der Waals surface area contributed by atoms with Crippen molar-refractivity contribution in [3.63, 3.8) is 0 Å². The van der Waals surface area contributed by atoms with Crippen molar-refractivity contribution in [1.82, 2.24) is 9.97 Å². The molecule has 1 N–H and O–H groups in total. The monoisotopic (exact) mass is 220 g/mol. The SMILES string of the molecule is O=C(O)Cc1nc(C2CC2)nc2c1COC2. The number of ether oxygens (including phenoxy) is 1. The first-order valence-corrected chi connectivity index (χ1v) is 5.42. The Labute approximate surface area is 92.5 Å². The first kappa shape index (κ1) is 9.72. The number of carboxylic acids is 1. The van der Waals surface area contributed by atoms with Crippen LogP contribution in [0.2, 0.25) is 0 Å². The Kier molecular flexibility index (Phi) is 2.14. The molecule has 5 nitrogen and oxygen atoms in total. The van der Waals surface area contributed by atoms with E-state index in [1.54, 1.807) is 0 Å². The van der Waals surface area contributed by atoms with Crippen molar-refractivity contribution in [2.75, 3.05) is 0 Å². The number of nitrogens with zero attached hydrogens (tertiary/aromatic N) is 2. The zero-order valence-corrected chi connectivity index (χ0v) is 8.77. The molecule has 2 heterocycles. The minimum absolute atomic E-state index is 0.0338. The van der Waals surface area contributed by atoms with E-state index in [-0.39, 0.29) is 6.42 Å². The summed E-state index contributed by atoms with van der Waals surface area (Å²) >= 11 is 0. The van der Waals surface area contributed by atoms with Gasteiger partial charge in [0.2, 0.25) is 0 Å². The van der Waals surface area contributed by atoms with E-state index in [0.29, 0.717) is 24.8 Å². The molecule has 1 aromatic rings. The maximum atomic E-state index is 10.8. The molecule has 0 atom stereocenters. The molecular formula is C11H12N2O3. The van der Waals surface area contributed by atoms with Gasteiger partial charge in [-0.05, 0) is 12.8 Å². The van der Waals surface area contributed by atoms with Crippen molar-refractivity contribution in [2.24, 2.45) is 0 Å². The third-order valence-corrected chi connectivity index (χ3v) is 2.94. The molecule has 0 amide bonds. The molecule has 0 aromatic carbocycles. The van der Waals surface area contributed by atoms with E-state index in [9.17, 15) is 4.79 Å². The summed E-state index contributed by atoms with van der Waals surface area (Å²) in [6, 6.07) is 0. The Bertz CT molecular complexity index is 455. The molecule has 0 spiro atoms. The maximum absolute atomic E-state index is 10.8. The molecule has 16 heavy (non-hydrogen) atoms. The Balaban J connectivity index is 2.02. The van der Waals surface area contributed by atoms with E-state index in [0.717, 1.165) is 29.9 Å². The Morgan fingerprint density at radius 3 is 2.88 bits per heavy atom. The van der Waals surface area contributed by atoms with Gasteiger partial charge in [-0.15, -0.1) is 0 Å². The fourth-order valence-electron chi connectivity index (χ4n) is 1.95. The van der Waals surface area contributed by atoms with Crippen LogP contribution in [-0.2, 0) is 29.2 Å². The zero-order valence-electron chi connectivity index (χ0n) is 8.77. The molecule has 1 aliphatic carbocycles. The van der Waals surface area contributed by atoms with Gasteiger partial charge in [-0.2, -0.15) is 0 Å². The van der Waals surface area contributed by atoms with E-state index in [1.807, 2.05) is 0 Å². The second-order valence-electron chi connectivity index (χ2n) is 4.29. The highest BCUT2D eigenvalue weighted by Crippen LogP contribution is 2.39. The third-order valence-electron chi connectivity index (χ3n) is 2.94. The van der Waals surface area contributed by atoms with Gasteiger partial charge in [0.15, 0.2) is 0 Å². The van der Waals surface area contributed by atoms with Crippen molar-refractivity contribution in [3.05, 3.63) is 22.8 Å². The summed E-state index contributed by atoms with van der Waals surface area (Å²) < 4.78 is 5.30. The lowest BCUT2D eigenvalue weighted by Gasteiger charge is -2.06. The second kappa shape index (κ2) is 3.52. The molecule has 1 saturated carbocycles. The van der Waals surface area contributed by atoms with Crippen LogP contribution in [0, 0.1) is 0 Å². The molecule has 1 aliphatic heterocycles. The number of fused-ring (bicyclic) bond motifs is 1. The summed E-state index contributed by atoms with van der Waals surface area (Å²) in [7, 11) is 0. The molecule has 1 aromatic heterocycles. The highest BCUT2D eigenvalue weighted by atomic mass is 16.5. The third kappa shape index (κ3) is 1.67. The zero-order chi connectivity index (χ0) is 11.1. The molecule has 3 rings (SSSR count). The minimum Gasteiger partial charge on any atom is -0.481 e. The largest absolute Gasteiger partial charge is 0.481 e. The van der Waals surface area contributed by atoms with Gasteiger partial charge in [0.1, 0.15) is 5.82 Å². The summed E-state index contributed by atoms with van der Waals surface area (Å²) in [4.78, 5) is 19.6. The van der Waals surface area contributed by atoms with Crippen LogP contribution in [0.25, 0.3) is 0 Å². The average Bonchev–Trinajstić information content (AvgIpc) is 2.96.